The van der Waals surface area contributed by atoms with Crippen molar-refractivity contribution < 1.29 is 20.1 Å². The molecule has 0 aromatic heterocycles. The molecule has 0 aliphatic rings. The first kappa shape index (κ1) is 18.0. The molecule has 0 saturated carbocycles. The van der Waals surface area contributed by atoms with Gasteiger partial charge in [0.25, 0.3) is 0 Å². The monoisotopic (exact) mass is 276 g/mol. The van der Waals surface area contributed by atoms with Crippen LogP contribution in [0.3, 0.4) is 0 Å². The number of allylic oxidation sites excluding steroid dienone is 3. The van der Waals surface area contributed by atoms with Crippen LogP contribution in [0.4, 0.5) is 0 Å². The molecule has 4 heteroatoms. The smallest absolute Gasteiger partial charge is 0.303 e. The van der Waals surface area contributed by atoms with Crippen molar-refractivity contribution in [2.24, 2.45) is 0 Å². The van der Waals surface area contributed by atoms with Crippen molar-refractivity contribution in [2.45, 2.75) is 44.8 Å². The molecule has 0 spiro atoms. The summed E-state index contributed by atoms with van der Waals surface area (Å²) >= 11 is 0. The molecular weight excluding hydrogens is 256 g/mol. The summed E-state index contributed by atoms with van der Waals surface area (Å²) in [4.78, 5) is 10.3. The maximum atomic E-state index is 10.3. The normalized spacial score (nSPS) is 13.3. The molecule has 108 valence electrons. The zero-order valence-corrected chi connectivity index (χ0v) is 11.5. The van der Waals surface area contributed by atoms with Crippen molar-refractivity contribution in [1.29, 1.82) is 0 Å². The largest absolute Gasteiger partial charge is 0.481 e. The number of rotatable bonds is 7. The van der Waals surface area contributed by atoms with Gasteiger partial charge in [0.15, 0.2) is 0 Å². The Morgan fingerprint density at radius 2 is 2.05 bits per heavy atom. The second-order valence-corrected chi connectivity index (χ2v) is 4.03. The summed E-state index contributed by atoms with van der Waals surface area (Å²) in [5.41, 5.74) is 0. The fourth-order valence-corrected chi connectivity index (χ4v) is 1.23. The first-order chi connectivity index (χ1) is 9.56. The summed E-state index contributed by atoms with van der Waals surface area (Å²) < 4.78 is 0. The van der Waals surface area contributed by atoms with Crippen molar-refractivity contribution in [3.63, 3.8) is 0 Å². The van der Waals surface area contributed by atoms with Gasteiger partial charge in [-0.1, -0.05) is 30.1 Å². The molecule has 0 amide bonds. The van der Waals surface area contributed by atoms with Crippen molar-refractivity contribution in [2.75, 3.05) is 0 Å². The lowest BCUT2D eigenvalue weighted by Gasteiger charge is -1.99. The first-order valence-corrected chi connectivity index (χ1v) is 6.38. The van der Waals surface area contributed by atoms with Crippen LogP contribution in [0.1, 0.15) is 32.6 Å². The molecule has 0 aliphatic heterocycles. The topological polar surface area (TPSA) is 77.8 Å². The van der Waals surface area contributed by atoms with Crippen LogP contribution in [0.25, 0.3) is 0 Å². The van der Waals surface area contributed by atoms with Crippen molar-refractivity contribution in [3.8, 4) is 23.7 Å². The number of aliphatic hydroxyl groups is 2. The van der Waals surface area contributed by atoms with Gasteiger partial charge >= 0.3 is 5.97 Å². The van der Waals surface area contributed by atoms with Crippen LogP contribution < -0.4 is 0 Å². The molecule has 0 heterocycles. The molecule has 0 rings (SSSR count). The molecule has 0 aromatic carbocycles. The van der Waals surface area contributed by atoms with Crippen LogP contribution in [-0.4, -0.2) is 33.5 Å². The van der Waals surface area contributed by atoms with E-state index in [2.05, 4.69) is 23.7 Å². The fraction of sp³-hybridized carbons (Fsp3) is 0.438. The third-order valence-electron chi connectivity index (χ3n) is 2.23. The minimum Gasteiger partial charge on any atom is -0.481 e. The predicted octanol–water partition coefficient (Wildman–Crippen LogP) is 1.49. The lowest BCUT2D eigenvalue weighted by molar-refractivity contribution is -0.137. The van der Waals surface area contributed by atoms with Gasteiger partial charge in [-0.2, -0.15) is 0 Å². The van der Waals surface area contributed by atoms with Crippen LogP contribution in [0.2, 0.25) is 0 Å². The molecule has 0 fully saturated rings. The molecule has 3 N–H and O–H groups in total. The SMILES string of the molecule is CC#CC[C@@H](O)/C=C/C=C/C#C[C@H](O)CCCC(=O)O. The highest BCUT2D eigenvalue weighted by molar-refractivity contribution is 5.66. The fourth-order valence-electron chi connectivity index (χ4n) is 1.23. The van der Waals surface area contributed by atoms with Crippen molar-refractivity contribution >= 4 is 5.97 Å². The summed E-state index contributed by atoms with van der Waals surface area (Å²) in [6, 6.07) is 0. The minimum atomic E-state index is -0.874. The van der Waals surface area contributed by atoms with Gasteiger partial charge in [-0.25, -0.2) is 0 Å². The standard InChI is InChI=1S/C16H20O4/c1-2-3-9-14(17)10-6-4-5-7-11-15(18)12-8-13-16(19)20/h4-6,10,14-15,17-18H,8-9,12-13H2,1H3,(H,19,20)/b5-4+,10-6+/t14-,15+/m1/s1. The molecule has 20 heavy (non-hydrogen) atoms. The highest BCUT2D eigenvalue weighted by Crippen LogP contribution is 1.99. The van der Waals surface area contributed by atoms with E-state index in [0.29, 0.717) is 19.3 Å². The summed E-state index contributed by atoms with van der Waals surface area (Å²) in [5.74, 6) is 9.82. The van der Waals surface area contributed by atoms with Crippen molar-refractivity contribution in [3.05, 3.63) is 24.3 Å². The highest BCUT2D eigenvalue weighted by atomic mass is 16.4. The Morgan fingerprint density at radius 3 is 2.70 bits per heavy atom. The van der Waals surface area contributed by atoms with Gasteiger partial charge in [-0.05, 0) is 25.8 Å². The molecule has 0 bridgehead atoms. The average Bonchev–Trinajstić information content (AvgIpc) is 2.39. The van der Waals surface area contributed by atoms with Gasteiger partial charge in [0.05, 0.1) is 6.10 Å². The lowest BCUT2D eigenvalue weighted by Crippen LogP contribution is -2.04. The number of carbonyl (C=O) groups is 1. The molecule has 0 saturated heterocycles. The molecule has 0 radical (unpaired) electrons. The molecular formula is C16H20O4. The first-order valence-electron chi connectivity index (χ1n) is 6.38. The van der Waals surface area contributed by atoms with Gasteiger partial charge in [0.1, 0.15) is 6.10 Å². The number of hydrogen-bond donors (Lipinski definition) is 3. The second kappa shape index (κ2) is 12.0. The second-order valence-electron chi connectivity index (χ2n) is 4.03. The number of hydrogen-bond acceptors (Lipinski definition) is 3. The van der Waals surface area contributed by atoms with Crippen LogP contribution in [-0.2, 0) is 4.79 Å². The Balaban J connectivity index is 3.93. The maximum Gasteiger partial charge on any atom is 0.303 e. The molecule has 0 aliphatic carbocycles. The van der Waals surface area contributed by atoms with E-state index in [-0.39, 0.29) is 6.42 Å². The van der Waals surface area contributed by atoms with E-state index in [4.69, 9.17) is 5.11 Å². The third kappa shape index (κ3) is 12.4. The van der Waals surface area contributed by atoms with Gasteiger partial charge in [-0.15, -0.1) is 11.8 Å². The summed E-state index contributed by atoms with van der Waals surface area (Å²) in [6.07, 6.45) is 6.24. The Morgan fingerprint density at radius 1 is 1.30 bits per heavy atom. The maximum absolute atomic E-state index is 10.3. The molecule has 0 aromatic rings. The lowest BCUT2D eigenvalue weighted by atomic mass is 10.1. The van der Waals surface area contributed by atoms with E-state index < -0.39 is 18.2 Å². The number of carboxylic acid groups (broad SMARTS) is 1. The Labute approximate surface area is 119 Å². The molecule has 0 unspecified atom stereocenters. The number of carboxylic acids is 1. The number of aliphatic carboxylic acids is 1. The third-order valence-corrected chi connectivity index (χ3v) is 2.23. The van der Waals surface area contributed by atoms with E-state index in [1.54, 1.807) is 31.2 Å². The molecule has 2 atom stereocenters. The van der Waals surface area contributed by atoms with E-state index in [0.717, 1.165) is 0 Å². The van der Waals surface area contributed by atoms with E-state index in [9.17, 15) is 15.0 Å². The van der Waals surface area contributed by atoms with E-state index in [1.165, 1.54) is 0 Å². The Bertz CT molecular complexity index is 454. The van der Waals surface area contributed by atoms with Crippen LogP contribution in [0.5, 0.6) is 0 Å². The predicted molar refractivity (Wildman–Crippen MR) is 77.6 cm³/mol. The van der Waals surface area contributed by atoms with Gasteiger partial charge in [-0.3, -0.25) is 4.79 Å². The van der Waals surface area contributed by atoms with Gasteiger partial charge in [0.2, 0.25) is 0 Å². The number of aliphatic hydroxyl groups excluding tert-OH is 2. The average molecular weight is 276 g/mol. The quantitative estimate of drug-likeness (QED) is 0.486. The van der Waals surface area contributed by atoms with Gasteiger partial charge in [0, 0.05) is 12.8 Å². The summed E-state index contributed by atoms with van der Waals surface area (Å²) in [7, 11) is 0. The zero-order chi connectivity index (χ0) is 15.2. The van der Waals surface area contributed by atoms with E-state index >= 15 is 0 Å². The summed E-state index contributed by atoms with van der Waals surface area (Å²) in [6.45, 7) is 1.72. The Kier molecular flexibility index (Phi) is 10.8. The minimum absolute atomic E-state index is 0.0376. The van der Waals surface area contributed by atoms with Crippen molar-refractivity contribution in [1.82, 2.24) is 0 Å². The molecule has 4 nitrogen and oxygen atoms in total. The Hall–Kier alpha value is -2.01. The van der Waals surface area contributed by atoms with Crippen LogP contribution >= 0.6 is 0 Å². The van der Waals surface area contributed by atoms with E-state index in [1.807, 2.05) is 0 Å². The van der Waals surface area contributed by atoms with Crippen LogP contribution in [0.15, 0.2) is 24.3 Å². The zero-order valence-electron chi connectivity index (χ0n) is 11.5. The van der Waals surface area contributed by atoms with Gasteiger partial charge < -0.3 is 15.3 Å². The van der Waals surface area contributed by atoms with Crippen LogP contribution in [0, 0.1) is 23.7 Å². The summed E-state index contributed by atoms with van der Waals surface area (Å²) in [5, 5.41) is 27.3. The highest BCUT2D eigenvalue weighted by Gasteiger charge is 2.01.